The Kier molecular flexibility index (Phi) is 2.77. The summed E-state index contributed by atoms with van der Waals surface area (Å²) in [5.74, 6) is -4.18. The standard InChI is InChI=1S/C8H4N2O5S2/c11-4(7(14)15)10-5-3(6(12)13)2-1-9-17-8(2)16-5/h1H,(H,10,11)(H,12,13)(H,14,15). The van der Waals surface area contributed by atoms with Crippen molar-refractivity contribution >= 4 is 55.1 Å². The summed E-state index contributed by atoms with van der Waals surface area (Å²) >= 11 is 2.07. The van der Waals surface area contributed by atoms with Crippen LogP contribution in [0.4, 0.5) is 5.00 Å². The van der Waals surface area contributed by atoms with Crippen molar-refractivity contribution < 1.29 is 24.6 Å². The van der Waals surface area contributed by atoms with E-state index in [9.17, 15) is 14.4 Å². The number of carbonyl (C=O) groups excluding carboxylic acids is 1. The van der Waals surface area contributed by atoms with E-state index in [2.05, 4.69) is 4.37 Å². The molecule has 7 nitrogen and oxygen atoms in total. The van der Waals surface area contributed by atoms with Crippen molar-refractivity contribution in [2.45, 2.75) is 0 Å². The number of hydrogen-bond acceptors (Lipinski definition) is 6. The molecule has 0 aliphatic carbocycles. The van der Waals surface area contributed by atoms with Gasteiger partial charge in [-0.3, -0.25) is 4.79 Å². The number of hydrogen-bond donors (Lipinski definition) is 3. The molecule has 2 aromatic heterocycles. The Bertz CT molecular complexity index is 629. The van der Waals surface area contributed by atoms with E-state index in [0.29, 0.717) is 9.40 Å². The van der Waals surface area contributed by atoms with Crippen molar-refractivity contribution in [1.29, 1.82) is 0 Å². The van der Waals surface area contributed by atoms with Gasteiger partial charge in [-0.05, 0) is 11.5 Å². The largest absolute Gasteiger partial charge is 0.478 e. The van der Waals surface area contributed by atoms with Crippen LogP contribution in [0.3, 0.4) is 0 Å². The maximum absolute atomic E-state index is 11.0. The maximum Gasteiger partial charge on any atom is 0.394 e. The van der Waals surface area contributed by atoms with Gasteiger partial charge < -0.3 is 15.5 Å². The molecular formula is C8H4N2O5S2. The molecule has 0 bridgehead atoms. The maximum atomic E-state index is 11.0. The molecular weight excluding hydrogens is 268 g/mol. The molecule has 0 saturated carbocycles. The SMILES string of the molecule is O=C(O)C(=O)Nc1sc2sncc2c1C(=O)O. The third-order valence-electron chi connectivity index (χ3n) is 1.86. The van der Waals surface area contributed by atoms with Crippen LogP contribution in [0.2, 0.25) is 0 Å². The van der Waals surface area contributed by atoms with Crippen LogP contribution in [0.5, 0.6) is 0 Å². The number of rotatable bonds is 2. The highest BCUT2D eigenvalue weighted by Gasteiger charge is 2.23. The topological polar surface area (TPSA) is 117 Å². The highest BCUT2D eigenvalue weighted by molar-refractivity contribution is 7.38. The Morgan fingerprint density at radius 3 is 2.59 bits per heavy atom. The third kappa shape index (κ3) is 1.97. The molecule has 0 aromatic carbocycles. The molecule has 1 amide bonds. The van der Waals surface area contributed by atoms with Crippen molar-refractivity contribution in [1.82, 2.24) is 4.37 Å². The number of aromatic nitrogens is 1. The second-order valence-corrected chi connectivity index (χ2v) is 4.98. The van der Waals surface area contributed by atoms with Gasteiger partial charge in [0.15, 0.2) is 0 Å². The molecule has 0 unspecified atom stereocenters. The van der Waals surface area contributed by atoms with Crippen LogP contribution in [0.25, 0.3) is 9.40 Å². The Labute approximate surface area is 101 Å². The minimum Gasteiger partial charge on any atom is -0.478 e. The van der Waals surface area contributed by atoms with E-state index in [1.807, 2.05) is 5.32 Å². The second-order valence-electron chi connectivity index (χ2n) is 2.90. The first kappa shape index (κ1) is 11.5. The molecule has 0 aliphatic rings. The van der Waals surface area contributed by atoms with E-state index in [0.717, 1.165) is 22.9 Å². The molecule has 2 aromatic rings. The number of carboxylic acid groups (broad SMARTS) is 2. The summed E-state index contributed by atoms with van der Waals surface area (Å²) in [7, 11) is 0. The minimum absolute atomic E-state index is 0.00792. The van der Waals surface area contributed by atoms with E-state index in [1.165, 1.54) is 6.20 Å². The van der Waals surface area contributed by atoms with Crippen LogP contribution >= 0.6 is 22.9 Å². The van der Waals surface area contributed by atoms with Crippen LogP contribution in [-0.2, 0) is 9.59 Å². The number of carboxylic acids is 2. The lowest BCUT2D eigenvalue weighted by molar-refractivity contribution is -0.147. The van der Waals surface area contributed by atoms with Crippen LogP contribution in [0.1, 0.15) is 10.4 Å². The van der Waals surface area contributed by atoms with Gasteiger partial charge >= 0.3 is 17.8 Å². The van der Waals surface area contributed by atoms with Gasteiger partial charge in [0.1, 0.15) is 14.6 Å². The molecule has 88 valence electrons. The van der Waals surface area contributed by atoms with Crippen LogP contribution in [0.15, 0.2) is 6.20 Å². The number of aromatic carboxylic acids is 1. The highest BCUT2D eigenvalue weighted by Crippen LogP contribution is 2.37. The summed E-state index contributed by atoms with van der Waals surface area (Å²) in [6.07, 6.45) is 1.37. The predicted octanol–water partition coefficient (Wildman–Crippen LogP) is 1.08. The van der Waals surface area contributed by atoms with E-state index in [1.54, 1.807) is 0 Å². The average Bonchev–Trinajstić information content (AvgIpc) is 2.75. The smallest absolute Gasteiger partial charge is 0.394 e. The lowest BCUT2D eigenvalue weighted by Gasteiger charge is -1.99. The summed E-state index contributed by atoms with van der Waals surface area (Å²) in [5.41, 5.74) is -0.131. The third-order valence-corrected chi connectivity index (χ3v) is 3.85. The number of carbonyl (C=O) groups is 3. The van der Waals surface area contributed by atoms with Crippen molar-refractivity contribution in [3.63, 3.8) is 0 Å². The van der Waals surface area contributed by atoms with Gasteiger partial charge in [0, 0.05) is 5.39 Å². The number of thiophene rings is 1. The molecule has 17 heavy (non-hydrogen) atoms. The van der Waals surface area contributed by atoms with E-state index < -0.39 is 17.8 Å². The quantitative estimate of drug-likeness (QED) is 0.704. The fourth-order valence-corrected chi connectivity index (χ4v) is 3.12. The number of nitrogens with zero attached hydrogens (tertiary/aromatic N) is 1. The van der Waals surface area contributed by atoms with Gasteiger partial charge in [-0.15, -0.1) is 11.3 Å². The molecule has 0 spiro atoms. The zero-order valence-electron chi connectivity index (χ0n) is 7.96. The zero-order chi connectivity index (χ0) is 12.6. The van der Waals surface area contributed by atoms with Gasteiger partial charge in [-0.25, -0.2) is 9.59 Å². The number of anilines is 1. The molecule has 2 rings (SSSR count). The van der Waals surface area contributed by atoms with Gasteiger partial charge in [0.25, 0.3) is 0 Å². The lowest BCUT2D eigenvalue weighted by atomic mass is 10.2. The van der Waals surface area contributed by atoms with Crippen LogP contribution < -0.4 is 5.32 Å². The van der Waals surface area contributed by atoms with Gasteiger partial charge in [-0.2, -0.15) is 4.37 Å². The normalized spacial score (nSPS) is 10.4. The van der Waals surface area contributed by atoms with E-state index in [-0.39, 0.29) is 10.6 Å². The van der Waals surface area contributed by atoms with E-state index in [4.69, 9.17) is 10.2 Å². The average molecular weight is 272 g/mol. The number of nitrogens with one attached hydrogen (secondary N) is 1. The predicted molar refractivity (Wildman–Crippen MR) is 60.7 cm³/mol. The second kappa shape index (κ2) is 4.11. The fraction of sp³-hybridized carbons (Fsp3) is 0. The number of amides is 1. The summed E-state index contributed by atoms with van der Waals surface area (Å²) < 4.78 is 4.43. The molecule has 9 heteroatoms. The van der Waals surface area contributed by atoms with Gasteiger partial charge in [0.05, 0.1) is 6.20 Å². The first-order chi connectivity index (χ1) is 8.00. The van der Waals surface area contributed by atoms with Crippen molar-refractivity contribution in [3.8, 4) is 0 Å². The summed E-state index contributed by atoms with van der Waals surface area (Å²) in [5, 5.41) is 19.9. The zero-order valence-corrected chi connectivity index (χ0v) is 9.59. The Morgan fingerprint density at radius 1 is 1.29 bits per heavy atom. The molecule has 0 radical (unpaired) electrons. The Hall–Kier alpha value is -2.00. The van der Waals surface area contributed by atoms with E-state index >= 15 is 0 Å². The summed E-state index contributed by atoms with van der Waals surface area (Å²) in [6.45, 7) is 0. The fourth-order valence-electron chi connectivity index (χ4n) is 1.19. The first-order valence-electron chi connectivity index (χ1n) is 4.15. The van der Waals surface area contributed by atoms with Gasteiger partial charge in [-0.1, -0.05) is 0 Å². The van der Waals surface area contributed by atoms with Crippen molar-refractivity contribution in [3.05, 3.63) is 11.8 Å². The summed E-state index contributed by atoms with van der Waals surface area (Å²) in [6, 6.07) is 0. The van der Waals surface area contributed by atoms with Crippen LogP contribution in [0, 0.1) is 0 Å². The monoisotopic (exact) mass is 272 g/mol. The minimum atomic E-state index is -1.67. The number of fused-ring (bicyclic) bond motifs is 1. The molecule has 0 fully saturated rings. The number of aliphatic carboxylic acids is 1. The van der Waals surface area contributed by atoms with Gasteiger partial charge in [0.2, 0.25) is 0 Å². The molecule has 0 atom stereocenters. The summed E-state index contributed by atoms with van der Waals surface area (Å²) in [4.78, 5) is 32.4. The molecule has 0 saturated heterocycles. The Morgan fingerprint density at radius 2 is 2.00 bits per heavy atom. The molecule has 0 aliphatic heterocycles. The molecule has 2 heterocycles. The first-order valence-corrected chi connectivity index (χ1v) is 5.74. The highest BCUT2D eigenvalue weighted by atomic mass is 32.2. The van der Waals surface area contributed by atoms with Crippen LogP contribution in [-0.4, -0.2) is 32.4 Å². The van der Waals surface area contributed by atoms with Crippen molar-refractivity contribution in [2.24, 2.45) is 0 Å². The lowest BCUT2D eigenvalue weighted by Crippen LogP contribution is -2.22. The molecule has 3 N–H and O–H groups in total. The Balaban J connectivity index is 2.49. The van der Waals surface area contributed by atoms with Crippen molar-refractivity contribution in [2.75, 3.05) is 5.32 Å².